The fourth-order valence-electron chi connectivity index (χ4n) is 2.13. The molecule has 1 atom stereocenters. The van der Waals surface area contributed by atoms with Crippen LogP contribution in [0.15, 0.2) is 30.3 Å². The summed E-state index contributed by atoms with van der Waals surface area (Å²) in [4.78, 5) is 26.2. The second-order valence-corrected chi connectivity index (χ2v) is 5.40. The molecule has 22 heavy (non-hydrogen) atoms. The van der Waals surface area contributed by atoms with E-state index in [9.17, 15) is 9.59 Å². The largest absolute Gasteiger partial charge is 0.484 e. The summed E-state index contributed by atoms with van der Waals surface area (Å²) in [6.07, 6.45) is 0. The number of para-hydroxylation sites is 1. The Balaban J connectivity index is 2.59. The van der Waals surface area contributed by atoms with Crippen molar-refractivity contribution in [3.8, 4) is 5.75 Å². The van der Waals surface area contributed by atoms with E-state index in [1.54, 1.807) is 17.0 Å². The van der Waals surface area contributed by atoms with Crippen molar-refractivity contribution in [2.75, 3.05) is 19.7 Å². The van der Waals surface area contributed by atoms with Crippen molar-refractivity contribution in [2.45, 2.75) is 33.7 Å². The van der Waals surface area contributed by atoms with Crippen LogP contribution in [0.25, 0.3) is 0 Å². The molecule has 0 aromatic heterocycles. The van der Waals surface area contributed by atoms with E-state index in [0.29, 0.717) is 18.8 Å². The van der Waals surface area contributed by atoms with Crippen molar-refractivity contribution >= 4 is 11.8 Å². The number of nitrogens with one attached hydrogen (secondary N) is 1. The molecule has 5 nitrogen and oxygen atoms in total. The van der Waals surface area contributed by atoms with Gasteiger partial charge in [0.1, 0.15) is 11.8 Å². The number of hydrogen-bond acceptors (Lipinski definition) is 3. The van der Waals surface area contributed by atoms with E-state index in [2.05, 4.69) is 5.32 Å². The maximum absolute atomic E-state index is 12.4. The molecule has 1 rings (SSSR count). The van der Waals surface area contributed by atoms with Gasteiger partial charge >= 0.3 is 0 Å². The van der Waals surface area contributed by atoms with Crippen LogP contribution in [0.2, 0.25) is 0 Å². The predicted octanol–water partition coefficient (Wildman–Crippen LogP) is 2.07. The minimum Gasteiger partial charge on any atom is -0.484 e. The minimum absolute atomic E-state index is 0.0220. The molecular formula is C17H26N2O3. The van der Waals surface area contributed by atoms with Gasteiger partial charge in [0, 0.05) is 13.1 Å². The van der Waals surface area contributed by atoms with E-state index in [-0.39, 0.29) is 24.3 Å². The van der Waals surface area contributed by atoms with Crippen molar-refractivity contribution in [3.63, 3.8) is 0 Å². The van der Waals surface area contributed by atoms with E-state index in [1.165, 1.54) is 0 Å². The Bertz CT molecular complexity index is 470. The number of hydrogen-bond donors (Lipinski definition) is 1. The first-order valence-electron chi connectivity index (χ1n) is 7.75. The smallest absolute Gasteiger partial charge is 0.258 e. The summed E-state index contributed by atoms with van der Waals surface area (Å²) in [5, 5.41) is 2.78. The van der Waals surface area contributed by atoms with Crippen LogP contribution in [-0.4, -0.2) is 42.5 Å². The van der Waals surface area contributed by atoms with Crippen LogP contribution in [0.3, 0.4) is 0 Å². The molecule has 0 radical (unpaired) electrons. The van der Waals surface area contributed by atoms with Gasteiger partial charge in [-0.05, 0) is 31.9 Å². The zero-order valence-corrected chi connectivity index (χ0v) is 13.8. The molecule has 2 amide bonds. The van der Waals surface area contributed by atoms with E-state index in [1.807, 2.05) is 45.9 Å². The molecule has 0 bridgehead atoms. The van der Waals surface area contributed by atoms with Crippen LogP contribution in [-0.2, 0) is 9.59 Å². The third-order valence-electron chi connectivity index (χ3n) is 3.44. The van der Waals surface area contributed by atoms with E-state index < -0.39 is 6.04 Å². The minimum atomic E-state index is -0.522. The molecule has 0 saturated heterocycles. The highest BCUT2D eigenvalue weighted by molar-refractivity contribution is 5.88. The van der Waals surface area contributed by atoms with Gasteiger partial charge < -0.3 is 15.0 Å². The van der Waals surface area contributed by atoms with Crippen molar-refractivity contribution in [2.24, 2.45) is 5.92 Å². The quantitative estimate of drug-likeness (QED) is 0.800. The topological polar surface area (TPSA) is 58.6 Å². The zero-order valence-electron chi connectivity index (χ0n) is 13.8. The lowest BCUT2D eigenvalue weighted by molar-refractivity contribution is -0.137. The van der Waals surface area contributed by atoms with Gasteiger partial charge in [0.05, 0.1) is 0 Å². The highest BCUT2D eigenvalue weighted by Gasteiger charge is 2.27. The molecule has 1 aromatic carbocycles. The van der Waals surface area contributed by atoms with Crippen LogP contribution in [0.5, 0.6) is 5.75 Å². The van der Waals surface area contributed by atoms with Crippen LogP contribution in [0.4, 0.5) is 0 Å². The summed E-state index contributed by atoms with van der Waals surface area (Å²) < 4.78 is 5.40. The Hall–Kier alpha value is -2.04. The first-order chi connectivity index (χ1) is 10.5. The number of likely N-dealkylation sites (N-methyl/N-ethyl adjacent to an activating group) is 1. The van der Waals surface area contributed by atoms with Gasteiger partial charge in [-0.1, -0.05) is 32.0 Å². The van der Waals surface area contributed by atoms with Gasteiger partial charge in [0.15, 0.2) is 6.61 Å². The van der Waals surface area contributed by atoms with E-state index in [0.717, 1.165) is 0 Å². The molecule has 1 unspecified atom stereocenters. The van der Waals surface area contributed by atoms with Crippen LogP contribution in [0, 0.1) is 5.92 Å². The van der Waals surface area contributed by atoms with Gasteiger partial charge in [0.2, 0.25) is 5.91 Å². The molecule has 0 aliphatic rings. The summed E-state index contributed by atoms with van der Waals surface area (Å²) in [6, 6.07) is 8.61. The second-order valence-electron chi connectivity index (χ2n) is 5.40. The number of carbonyl (C=O) groups is 2. The average molecular weight is 306 g/mol. The lowest BCUT2D eigenvalue weighted by atomic mass is 10.0. The third-order valence-corrected chi connectivity index (χ3v) is 3.44. The van der Waals surface area contributed by atoms with Gasteiger partial charge in [-0.2, -0.15) is 0 Å². The number of rotatable bonds is 8. The molecule has 1 aromatic rings. The summed E-state index contributed by atoms with van der Waals surface area (Å²) in [6.45, 7) is 8.87. The summed E-state index contributed by atoms with van der Waals surface area (Å²) >= 11 is 0. The van der Waals surface area contributed by atoms with Gasteiger partial charge in [0.25, 0.3) is 5.91 Å². The molecular weight excluding hydrogens is 280 g/mol. The highest BCUT2D eigenvalue weighted by atomic mass is 16.5. The molecule has 0 saturated carbocycles. The normalized spacial score (nSPS) is 11.9. The lowest BCUT2D eigenvalue weighted by Gasteiger charge is -2.28. The molecule has 0 fully saturated rings. The molecule has 0 aliphatic carbocycles. The van der Waals surface area contributed by atoms with Crippen molar-refractivity contribution in [1.29, 1.82) is 0 Å². The predicted molar refractivity (Wildman–Crippen MR) is 86.6 cm³/mol. The Morgan fingerprint density at radius 1 is 1.14 bits per heavy atom. The molecule has 1 N–H and O–H groups in total. The van der Waals surface area contributed by atoms with Gasteiger partial charge in [-0.25, -0.2) is 0 Å². The van der Waals surface area contributed by atoms with Gasteiger partial charge in [-0.3, -0.25) is 9.59 Å². The molecule has 5 heteroatoms. The summed E-state index contributed by atoms with van der Waals surface area (Å²) in [5.41, 5.74) is 0. The molecule has 122 valence electrons. The van der Waals surface area contributed by atoms with E-state index in [4.69, 9.17) is 4.74 Å². The lowest BCUT2D eigenvalue weighted by Crippen LogP contribution is -2.52. The van der Waals surface area contributed by atoms with Gasteiger partial charge in [-0.15, -0.1) is 0 Å². The molecule has 0 aliphatic heterocycles. The van der Waals surface area contributed by atoms with E-state index >= 15 is 0 Å². The number of benzene rings is 1. The Labute approximate surface area is 132 Å². The number of amides is 2. The SMILES string of the molecule is CCN(CC)C(=O)C(NC(=O)COc1ccccc1)C(C)C. The molecule has 0 spiro atoms. The number of nitrogens with zero attached hydrogens (tertiary/aromatic N) is 1. The van der Waals surface area contributed by atoms with Crippen molar-refractivity contribution in [1.82, 2.24) is 10.2 Å². The summed E-state index contributed by atoms with van der Waals surface area (Å²) in [7, 11) is 0. The average Bonchev–Trinajstić information content (AvgIpc) is 2.52. The first kappa shape index (κ1) is 18.0. The van der Waals surface area contributed by atoms with Crippen molar-refractivity contribution < 1.29 is 14.3 Å². The monoisotopic (exact) mass is 306 g/mol. The number of carbonyl (C=O) groups excluding carboxylic acids is 2. The number of ether oxygens (including phenoxy) is 1. The maximum atomic E-state index is 12.4. The fourth-order valence-corrected chi connectivity index (χ4v) is 2.13. The first-order valence-corrected chi connectivity index (χ1v) is 7.75. The summed E-state index contributed by atoms with van der Waals surface area (Å²) in [5.74, 6) is 0.318. The zero-order chi connectivity index (χ0) is 16.5. The Morgan fingerprint density at radius 2 is 1.73 bits per heavy atom. The molecule has 0 heterocycles. The third kappa shape index (κ3) is 5.39. The Morgan fingerprint density at radius 3 is 2.23 bits per heavy atom. The van der Waals surface area contributed by atoms with Crippen LogP contribution >= 0.6 is 0 Å². The van der Waals surface area contributed by atoms with Crippen LogP contribution < -0.4 is 10.1 Å². The standard InChI is InChI=1S/C17H26N2O3/c1-5-19(6-2)17(21)16(13(3)4)18-15(20)12-22-14-10-8-7-9-11-14/h7-11,13,16H,5-6,12H2,1-4H3,(H,18,20). The van der Waals surface area contributed by atoms with Crippen LogP contribution in [0.1, 0.15) is 27.7 Å². The fraction of sp³-hybridized carbons (Fsp3) is 0.529. The Kier molecular flexibility index (Phi) is 7.43. The highest BCUT2D eigenvalue weighted by Crippen LogP contribution is 2.09. The second kappa shape index (κ2) is 9.07. The van der Waals surface area contributed by atoms with Crippen molar-refractivity contribution in [3.05, 3.63) is 30.3 Å². The maximum Gasteiger partial charge on any atom is 0.258 e.